The molecular weight excluding hydrogens is 492 g/mol. The van der Waals surface area contributed by atoms with Gasteiger partial charge in [0.1, 0.15) is 37.9 Å². The predicted octanol–water partition coefficient (Wildman–Crippen LogP) is 7.56. The molecule has 0 bridgehead atoms. The van der Waals surface area contributed by atoms with Crippen LogP contribution in [0, 0.1) is 0 Å². The van der Waals surface area contributed by atoms with E-state index < -0.39 is 0 Å². The summed E-state index contributed by atoms with van der Waals surface area (Å²) < 4.78 is 21.8. The monoisotopic (exact) mass is 540 g/mol. The molecule has 216 valence electrons. The van der Waals surface area contributed by atoms with Crippen molar-refractivity contribution >= 4 is 11.9 Å². The normalized spacial score (nSPS) is 11.6. The van der Waals surface area contributed by atoms with E-state index in [9.17, 15) is 9.59 Å². The SMILES string of the molecule is CC(C)(C)c1ccc(OCCOC(=O)CCCCCCCC(=O)OCCOc2ccc(C(C)(C)C)cc2)cc1. The number of unbranched alkanes of at least 4 members (excludes halogenated alkanes) is 4. The minimum Gasteiger partial charge on any atom is -0.490 e. The van der Waals surface area contributed by atoms with E-state index in [-0.39, 0.29) is 36.0 Å². The van der Waals surface area contributed by atoms with E-state index in [4.69, 9.17) is 18.9 Å². The van der Waals surface area contributed by atoms with E-state index in [1.807, 2.05) is 24.3 Å². The number of rotatable bonds is 16. The van der Waals surface area contributed by atoms with Gasteiger partial charge in [-0.3, -0.25) is 9.59 Å². The molecule has 0 heterocycles. The Morgan fingerprint density at radius 3 is 1.18 bits per heavy atom. The Balaban J connectivity index is 1.41. The van der Waals surface area contributed by atoms with Crippen molar-refractivity contribution in [1.29, 1.82) is 0 Å². The Morgan fingerprint density at radius 1 is 0.513 bits per heavy atom. The number of esters is 2. The molecule has 6 nitrogen and oxygen atoms in total. The molecule has 2 aromatic carbocycles. The van der Waals surface area contributed by atoms with E-state index in [2.05, 4.69) is 65.8 Å². The Labute approximate surface area is 235 Å². The van der Waals surface area contributed by atoms with Crippen LogP contribution in [0.1, 0.15) is 97.6 Å². The third kappa shape index (κ3) is 13.6. The van der Waals surface area contributed by atoms with E-state index in [0.717, 1.165) is 43.6 Å². The lowest BCUT2D eigenvalue weighted by atomic mass is 9.87. The van der Waals surface area contributed by atoms with Crippen molar-refractivity contribution in [2.45, 2.75) is 97.3 Å². The van der Waals surface area contributed by atoms with Gasteiger partial charge in [-0.05, 0) is 59.1 Å². The van der Waals surface area contributed by atoms with Gasteiger partial charge < -0.3 is 18.9 Å². The summed E-state index contributed by atoms with van der Waals surface area (Å²) in [5.41, 5.74) is 2.72. The zero-order chi connectivity index (χ0) is 28.7. The lowest BCUT2D eigenvalue weighted by Gasteiger charge is -2.19. The molecule has 0 unspecified atom stereocenters. The van der Waals surface area contributed by atoms with Gasteiger partial charge in [0.15, 0.2) is 0 Å². The second kappa shape index (κ2) is 16.2. The van der Waals surface area contributed by atoms with E-state index >= 15 is 0 Å². The molecule has 0 spiro atoms. The van der Waals surface area contributed by atoms with Gasteiger partial charge in [-0.15, -0.1) is 0 Å². The van der Waals surface area contributed by atoms with Crippen molar-refractivity contribution in [3.63, 3.8) is 0 Å². The number of ether oxygens (including phenoxy) is 4. The molecule has 39 heavy (non-hydrogen) atoms. The van der Waals surface area contributed by atoms with Gasteiger partial charge in [0, 0.05) is 12.8 Å². The molecule has 0 amide bonds. The third-order valence-corrected chi connectivity index (χ3v) is 6.43. The molecule has 0 saturated carbocycles. The summed E-state index contributed by atoms with van der Waals surface area (Å²) in [5, 5.41) is 0. The molecule has 0 radical (unpaired) electrons. The Kier molecular flexibility index (Phi) is 13.3. The fourth-order valence-electron chi connectivity index (χ4n) is 3.95. The molecule has 0 fully saturated rings. The van der Waals surface area contributed by atoms with Crippen LogP contribution in [0.4, 0.5) is 0 Å². The summed E-state index contributed by atoms with van der Waals surface area (Å²) in [6, 6.07) is 16.1. The number of carbonyl (C=O) groups is 2. The van der Waals surface area contributed by atoms with Crippen LogP contribution in [0.25, 0.3) is 0 Å². The number of hydrogen-bond acceptors (Lipinski definition) is 6. The number of hydrogen-bond donors (Lipinski definition) is 0. The minimum absolute atomic E-state index is 0.107. The van der Waals surface area contributed by atoms with Crippen molar-refractivity contribution in [3.05, 3.63) is 59.7 Å². The van der Waals surface area contributed by atoms with Crippen LogP contribution in [0.2, 0.25) is 0 Å². The van der Waals surface area contributed by atoms with Crippen LogP contribution in [-0.2, 0) is 29.9 Å². The van der Waals surface area contributed by atoms with Gasteiger partial charge in [-0.2, -0.15) is 0 Å². The zero-order valence-electron chi connectivity index (χ0n) is 24.8. The Bertz CT molecular complexity index is 899. The van der Waals surface area contributed by atoms with Crippen molar-refractivity contribution in [2.75, 3.05) is 26.4 Å². The second-order valence-corrected chi connectivity index (χ2v) is 12.0. The maximum absolute atomic E-state index is 11.9. The van der Waals surface area contributed by atoms with Gasteiger partial charge in [0.05, 0.1) is 0 Å². The highest BCUT2D eigenvalue weighted by Gasteiger charge is 2.14. The average Bonchev–Trinajstić information content (AvgIpc) is 2.88. The molecule has 0 N–H and O–H groups in total. The van der Waals surface area contributed by atoms with Crippen molar-refractivity contribution < 1.29 is 28.5 Å². The Hall–Kier alpha value is -3.02. The third-order valence-electron chi connectivity index (χ3n) is 6.43. The average molecular weight is 541 g/mol. The van der Waals surface area contributed by atoms with Gasteiger partial charge >= 0.3 is 11.9 Å². The molecule has 0 aliphatic carbocycles. The lowest BCUT2D eigenvalue weighted by Crippen LogP contribution is -2.13. The van der Waals surface area contributed by atoms with Crippen molar-refractivity contribution in [2.24, 2.45) is 0 Å². The molecule has 2 rings (SSSR count). The molecule has 2 aromatic rings. The maximum atomic E-state index is 11.9. The first-order valence-corrected chi connectivity index (χ1v) is 14.2. The van der Waals surface area contributed by atoms with Crippen LogP contribution in [0.15, 0.2) is 48.5 Å². The highest BCUT2D eigenvalue weighted by molar-refractivity contribution is 5.69. The van der Waals surface area contributed by atoms with Crippen LogP contribution in [0.3, 0.4) is 0 Å². The maximum Gasteiger partial charge on any atom is 0.305 e. The number of carbonyl (C=O) groups excluding carboxylic acids is 2. The van der Waals surface area contributed by atoms with Crippen LogP contribution < -0.4 is 9.47 Å². The summed E-state index contributed by atoms with van der Waals surface area (Å²) in [7, 11) is 0. The topological polar surface area (TPSA) is 71.1 Å². The Morgan fingerprint density at radius 2 is 0.846 bits per heavy atom. The van der Waals surface area contributed by atoms with Gasteiger partial charge in [-0.1, -0.05) is 85.1 Å². The quantitative estimate of drug-likeness (QED) is 0.162. The summed E-state index contributed by atoms with van der Waals surface area (Å²) in [4.78, 5) is 23.8. The van der Waals surface area contributed by atoms with Crippen LogP contribution in [0.5, 0.6) is 11.5 Å². The zero-order valence-corrected chi connectivity index (χ0v) is 24.8. The second-order valence-electron chi connectivity index (χ2n) is 12.0. The van der Waals surface area contributed by atoms with E-state index in [1.165, 1.54) is 11.1 Å². The smallest absolute Gasteiger partial charge is 0.305 e. The first-order chi connectivity index (χ1) is 18.4. The molecule has 0 aliphatic rings. The van der Waals surface area contributed by atoms with Crippen molar-refractivity contribution in [3.8, 4) is 11.5 Å². The standard InChI is InChI=1S/C33H48O6/c1-32(2,3)26-14-18-28(19-15-26)36-22-24-38-30(34)12-10-8-7-9-11-13-31(35)39-25-23-37-29-20-16-27(17-21-29)33(4,5)6/h14-21H,7-13,22-25H2,1-6H3. The van der Waals surface area contributed by atoms with Crippen LogP contribution >= 0.6 is 0 Å². The molecule has 0 saturated heterocycles. The van der Waals surface area contributed by atoms with Gasteiger partial charge in [0.2, 0.25) is 0 Å². The van der Waals surface area contributed by atoms with Crippen LogP contribution in [-0.4, -0.2) is 38.4 Å². The summed E-state index contributed by atoms with van der Waals surface area (Å²) in [5.74, 6) is 1.16. The largest absolute Gasteiger partial charge is 0.490 e. The highest BCUT2D eigenvalue weighted by Crippen LogP contribution is 2.25. The highest BCUT2D eigenvalue weighted by atomic mass is 16.6. The molecule has 6 heteroatoms. The van der Waals surface area contributed by atoms with E-state index in [1.54, 1.807) is 0 Å². The summed E-state index contributed by atoms with van der Waals surface area (Å²) in [6.45, 7) is 14.2. The predicted molar refractivity (Wildman–Crippen MR) is 156 cm³/mol. The number of benzene rings is 2. The molecule has 0 atom stereocenters. The van der Waals surface area contributed by atoms with Crippen molar-refractivity contribution in [1.82, 2.24) is 0 Å². The molecule has 0 aromatic heterocycles. The fourth-order valence-corrected chi connectivity index (χ4v) is 3.95. The first-order valence-electron chi connectivity index (χ1n) is 14.2. The fraction of sp³-hybridized carbons (Fsp3) is 0.576. The van der Waals surface area contributed by atoms with Gasteiger partial charge in [-0.25, -0.2) is 0 Å². The molecule has 0 aliphatic heterocycles. The molecular formula is C33H48O6. The lowest BCUT2D eigenvalue weighted by molar-refractivity contribution is -0.145. The first kappa shape index (κ1) is 32.2. The summed E-state index contributed by atoms with van der Waals surface area (Å²) >= 11 is 0. The van der Waals surface area contributed by atoms with E-state index in [0.29, 0.717) is 26.1 Å². The van der Waals surface area contributed by atoms with Gasteiger partial charge in [0.25, 0.3) is 0 Å². The summed E-state index contributed by atoms with van der Waals surface area (Å²) in [6.07, 6.45) is 5.22. The minimum atomic E-state index is -0.197.